The second-order valence-electron chi connectivity index (χ2n) is 11.0. The van der Waals surface area contributed by atoms with Gasteiger partial charge in [-0.15, -0.1) is 0 Å². The summed E-state index contributed by atoms with van der Waals surface area (Å²) < 4.78 is 30.8. The topological polar surface area (TPSA) is 177 Å². The predicted octanol–water partition coefficient (Wildman–Crippen LogP) is 0.182. The Morgan fingerprint density at radius 3 is 1.88 bits per heavy atom. The van der Waals surface area contributed by atoms with Crippen molar-refractivity contribution in [3.63, 3.8) is 0 Å². The largest absolute Gasteiger partial charge is 0.545 e. The molecule has 266 valence electrons. The first-order valence-corrected chi connectivity index (χ1v) is 16.4. The van der Waals surface area contributed by atoms with Crippen molar-refractivity contribution in [1.82, 2.24) is 4.58 Å². The van der Waals surface area contributed by atoms with E-state index in [9.17, 15) is 9.90 Å². The van der Waals surface area contributed by atoms with E-state index in [-0.39, 0.29) is 58.4 Å². The van der Waals surface area contributed by atoms with Gasteiger partial charge in [0.1, 0.15) is 24.6 Å². The molecular weight excluding hydrogens is 636 g/mol. The van der Waals surface area contributed by atoms with Crippen molar-refractivity contribution in [1.29, 1.82) is 0 Å². The van der Waals surface area contributed by atoms with Crippen LogP contribution in [0.4, 0.5) is 5.69 Å². The second kappa shape index (κ2) is 20.6. The van der Waals surface area contributed by atoms with Gasteiger partial charge in [0.05, 0.1) is 78.1 Å². The van der Waals surface area contributed by atoms with Crippen LogP contribution >= 0.6 is 0 Å². The van der Waals surface area contributed by atoms with E-state index in [2.05, 4.69) is 9.48 Å². The molecule has 2 aromatic rings. The van der Waals surface area contributed by atoms with Gasteiger partial charge in [-0.2, -0.15) is 0 Å². The van der Waals surface area contributed by atoms with Gasteiger partial charge in [0.25, 0.3) is 0 Å². The maximum atomic E-state index is 12.3. The van der Waals surface area contributed by atoms with E-state index < -0.39 is 5.97 Å². The van der Waals surface area contributed by atoms with Crippen LogP contribution in [0.25, 0.3) is 33.4 Å². The van der Waals surface area contributed by atoms with E-state index in [1.807, 2.05) is 36.4 Å². The molecule has 0 unspecified atom stereocenters. The molecule has 49 heavy (non-hydrogen) atoms. The van der Waals surface area contributed by atoms with Crippen molar-refractivity contribution in [3.8, 4) is 22.5 Å². The summed E-state index contributed by atoms with van der Waals surface area (Å²) >= 11 is 0. The highest BCUT2D eigenvalue weighted by atomic mass is 16.5. The molecule has 1 heterocycles. The third kappa shape index (κ3) is 10.8. The number of carbonyl (C=O) groups excluding carboxylic acids is 1. The summed E-state index contributed by atoms with van der Waals surface area (Å²) in [6.45, 7) is 3.99. The number of anilines is 1. The highest BCUT2D eigenvalue weighted by Crippen LogP contribution is 2.42. The Kier molecular flexibility index (Phi) is 15.9. The lowest BCUT2D eigenvalue weighted by Gasteiger charge is -2.25. The number of benzene rings is 3. The van der Waals surface area contributed by atoms with Crippen LogP contribution in [-0.2, 0) is 18.9 Å². The van der Waals surface area contributed by atoms with Gasteiger partial charge in [0.15, 0.2) is 13.1 Å². The van der Waals surface area contributed by atoms with Crippen LogP contribution in [0.1, 0.15) is 10.4 Å². The average Bonchev–Trinajstić information content (AvgIpc) is 3.12. The number of hydrogen-bond donors (Lipinski definition) is 4. The fourth-order valence-corrected chi connectivity index (χ4v) is 5.54. The Morgan fingerprint density at radius 1 is 0.694 bits per heavy atom. The van der Waals surface area contributed by atoms with Crippen molar-refractivity contribution in [3.05, 3.63) is 71.6 Å². The smallest absolute Gasteiger partial charge is 0.203 e. The van der Waals surface area contributed by atoms with Crippen molar-refractivity contribution in [2.45, 2.75) is 0 Å². The Hall–Kier alpha value is -3.92. The third-order valence-corrected chi connectivity index (χ3v) is 7.80. The van der Waals surface area contributed by atoms with Crippen molar-refractivity contribution in [2.75, 3.05) is 110 Å². The lowest BCUT2D eigenvalue weighted by molar-refractivity contribution is -0.254. The van der Waals surface area contributed by atoms with Gasteiger partial charge in [-0.3, -0.25) is 0 Å². The summed E-state index contributed by atoms with van der Waals surface area (Å²) in [5, 5.41) is 50.4. The number of aliphatic hydroxyl groups excluding tert-OH is 4. The number of carbonyl (C=O) groups is 1. The molecule has 1 aliphatic carbocycles. The first-order valence-electron chi connectivity index (χ1n) is 16.4. The minimum absolute atomic E-state index is 0.0526. The van der Waals surface area contributed by atoms with Gasteiger partial charge in [-0.05, 0) is 23.8 Å². The zero-order valence-electron chi connectivity index (χ0n) is 27.6. The van der Waals surface area contributed by atoms with Crippen LogP contribution in [0.5, 0.6) is 0 Å². The highest BCUT2D eigenvalue weighted by molar-refractivity contribution is 6.07. The lowest BCUT2D eigenvalue weighted by atomic mass is 9.90. The van der Waals surface area contributed by atoms with Crippen molar-refractivity contribution in [2.24, 2.45) is 0 Å². The molecule has 0 saturated carbocycles. The van der Waals surface area contributed by atoms with Crippen LogP contribution in [0, 0.1) is 0 Å². The van der Waals surface area contributed by atoms with Gasteiger partial charge >= 0.3 is 0 Å². The van der Waals surface area contributed by atoms with Crippen LogP contribution in [0.15, 0.2) is 65.1 Å². The molecule has 0 bridgehead atoms. The molecule has 0 fully saturated rings. The molecule has 0 saturated heterocycles. The molecule has 0 spiro atoms. The summed E-state index contributed by atoms with van der Waals surface area (Å²) in [6.07, 6.45) is 0. The van der Waals surface area contributed by atoms with E-state index in [1.165, 1.54) is 6.07 Å². The molecule has 13 heteroatoms. The van der Waals surface area contributed by atoms with Crippen LogP contribution < -0.4 is 19.9 Å². The first-order chi connectivity index (χ1) is 24.0. The molecule has 0 radical (unpaired) electrons. The summed E-state index contributed by atoms with van der Waals surface area (Å²) in [4.78, 5) is 14.3. The number of rotatable bonds is 23. The van der Waals surface area contributed by atoms with Gasteiger partial charge < -0.3 is 58.6 Å². The van der Waals surface area contributed by atoms with Crippen LogP contribution in [0.3, 0.4) is 0 Å². The zero-order valence-corrected chi connectivity index (χ0v) is 27.6. The fourth-order valence-electron chi connectivity index (χ4n) is 5.54. The SMILES string of the molecule is O=C([O-])c1ccccc1-c1c2ccc(=[N+](CCOCCO)CCOCCO)cc-2oc2cc(N(CCOCCO)CCOCCO)ccc12. The van der Waals surface area contributed by atoms with Crippen LogP contribution in [-0.4, -0.2) is 132 Å². The number of aliphatic hydroxyl groups is 4. The minimum atomic E-state index is -1.29. The Balaban J connectivity index is 1.88. The predicted molar refractivity (Wildman–Crippen MR) is 181 cm³/mol. The third-order valence-electron chi connectivity index (χ3n) is 7.80. The van der Waals surface area contributed by atoms with E-state index in [4.69, 9.17) is 43.8 Å². The number of carboxylic acids is 1. The minimum Gasteiger partial charge on any atom is -0.545 e. The molecule has 0 aromatic heterocycles. The van der Waals surface area contributed by atoms with E-state index in [0.717, 1.165) is 11.0 Å². The van der Waals surface area contributed by atoms with Gasteiger partial charge in [-0.1, -0.05) is 24.3 Å². The van der Waals surface area contributed by atoms with Gasteiger partial charge in [0.2, 0.25) is 5.36 Å². The van der Waals surface area contributed by atoms with Crippen molar-refractivity contribution < 1.29 is 53.7 Å². The fraction of sp³-hybridized carbons (Fsp3) is 0.444. The standard InChI is InChI=1S/C36H46N2O11/c39-13-21-45-17-9-37(10-18-46-22-14-40)27-5-7-31-33(25-27)49-34-26-28(38(11-19-47-23-15-41)12-20-48-24-16-42)6-8-32(34)35(31)29-3-1-2-4-30(29)36(43)44/h1-8,25-26,39-42H,9-24H2. The number of nitrogens with zero attached hydrogens (tertiary/aromatic N) is 2. The second-order valence-corrected chi connectivity index (χ2v) is 11.0. The number of carboxylic acid groups (broad SMARTS) is 1. The van der Waals surface area contributed by atoms with Gasteiger partial charge in [-0.25, -0.2) is 4.58 Å². The van der Waals surface area contributed by atoms with Crippen molar-refractivity contribution >= 4 is 22.6 Å². The number of fused-ring (bicyclic) bond motifs is 2. The van der Waals surface area contributed by atoms with E-state index >= 15 is 0 Å². The highest BCUT2D eigenvalue weighted by Gasteiger charge is 2.22. The monoisotopic (exact) mass is 682 g/mol. The molecule has 4 N–H and O–H groups in total. The molecule has 0 atom stereocenters. The Morgan fingerprint density at radius 2 is 1.29 bits per heavy atom. The quantitative estimate of drug-likeness (QED) is 0.0475. The van der Waals surface area contributed by atoms with Crippen LogP contribution in [0.2, 0.25) is 0 Å². The molecule has 2 aliphatic rings. The molecule has 0 amide bonds. The maximum absolute atomic E-state index is 12.3. The lowest BCUT2D eigenvalue weighted by Crippen LogP contribution is -2.36. The van der Waals surface area contributed by atoms with E-state index in [1.54, 1.807) is 18.2 Å². The normalized spacial score (nSPS) is 11.4. The van der Waals surface area contributed by atoms with E-state index in [0.29, 0.717) is 86.0 Å². The number of ether oxygens (including phenoxy) is 4. The summed E-state index contributed by atoms with van der Waals surface area (Å²) in [6, 6.07) is 18.2. The average molecular weight is 683 g/mol. The molecular formula is C36H46N2O11. The molecule has 13 nitrogen and oxygen atoms in total. The zero-order chi connectivity index (χ0) is 34.8. The number of aromatic carboxylic acids is 1. The number of hydrogen-bond acceptors (Lipinski definition) is 12. The first kappa shape index (κ1) is 37.9. The van der Waals surface area contributed by atoms with Gasteiger partial charge in [0, 0.05) is 53.0 Å². The molecule has 1 aliphatic heterocycles. The molecule has 2 aromatic carbocycles. The molecule has 4 rings (SSSR count). The Bertz CT molecular complexity index is 1620. The summed E-state index contributed by atoms with van der Waals surface area (Å²) in [5.41, 5.74) is 3.27. The Labute approximate surface area is 285 Å². The maximum Gasteiger partial charge on any atom is 0.203 e. The summed E-state index contributed by atoms with van der Waals surface area (Å²) in [5.74, 6) is -0.772. The summed E-state index contributed by atoms with van der Waals surface area (Å²) in [7, 11) is 0.